The summed E-state index contributed by atoms with van der Waals surface area (Å²) in [4.78, 5) is 22.1. The SMILES string of the molecule is Cc1nc(NC(=O)CCc2nc(-c3ccc(Cl)cc3)no2)sc1-c1ccccc1. The van der Waals surface area contributed by atoms with Crippen molar-refractivity contribution < 1.29 is 9.32 Å². The van der Waals surface area contributed by atoms with Crippen LogP contribution in [0.4, 0.5) is 5.13 Å². The van der Waals surface area contributed by atoms with E-state index in [-0.39, 0.29) is 12.3 Å². The molecule has 146 valence electrons. The first-order chi connectivity index (χ1) is 14.1. The Morgan fingerprint density at radius 3 is 2.59 bits per heavy atom. The van der Waals surface area contributed by atoms with Gasteiger partial charge in [-0.2, -0.15) is 4.98 Å². The maximum absolute atomic E-state index is 12.3. The van der Waals surface area contributed by atoms with Gasteiger partial charge in [-0.25, -0.2) is 4.98 Å². The minimum atomic E-state index is -0.149. The van der Waals surface area contributed by atoms with Crippen LogP contribution in [-0.2, 0) is 11.2 Å². The van der Waals surface area contributed by atoms with Gasteiger partial charge in [0.15, 0.2) is 5.13 Å². The number of hydrogen-bond donors (Lipinski definition) is 1. The summed E-state index contributed by atoms with van der Waals surface area (Å²) < 4.78 is 5.24. The number of carbonyl (C=O) groups is 1. The molecule has 0 aliphatic heterocycles. The van der Waals surface area contributed by atoms with E-state index in [4.69, 9.17) is 16.1 Å². The van der Waals surface area contributed by atoms with E-state index in [0.29, 0.717) is 28.3 Å². The Morgan fingerprint density at radius 1 is 1.07 bits per heavy atom. The van der Waals surface area contributed by atoms with Crippen LogP contribution in [-0.4, -0.2) is 21.0 Å². The standard InChI is InChI=1S/C21H17ClN4O2S/c1-13-19(14-5-3-2-4-6-14)29-21(23-13)24-17(27)11-12-18-25-20(26-28-18)15-7-9-16(22)10-8-15/h2-10H,11-12H2,1H3,(H,23,24,27). The summed E-state index contributed by atoms with van der Waals surface area (Å²) in [6.45, 7) is 1.94. The molecule has 0 bridgehead atoms. The highest BCUT2D eigenvalue weighted by Crippen LogP contribution is 2.32. The number of carbonyl (C=O) groups excluding carboxylic acids is 1. The number of hydrogen-bond acceptors (Lipinski definition) is 6. The zero-order valence-corrected chi connectivity index (χ0v) is 17.1. The molecule has 1 N–H and O–H groups in total. The third-order valence-electron chi connectivity index (χ3n) is 4.22. The largest absolute Gasteiger partial charge is 0.339 e. The van der Waals surface area contributed by atoms with Crippen LogP contribution in [0.1, 0.15) is 18.0 Å². The van der Waals surface area contributed by atoms with E-state index < -0.39 is 0 Å². The Hall–Kier alpha value is -3.03. The van der Waals surface area contributed by atoms with Gasteiger partial charge >= 0.3 is 0 Å². The molecule has 0 saturated heterocycles. The number of halogens is 1. The molecular formula is C21H17ClN4O2S. The van der Waals surface area contributed by atoms with Gasteiger partial charge in [0.2, 0.25) is 17.6 Å². The molecule has 0 saturated carbocycles. The Labute approximate surface area is 176 Å². The summed E-state index contributed by atoms with van der Waals surface area (Å²) in [5.41, 5.74) is 2.78. The number of aryl methyl sites for hydroxylation is 2. The lowest BCUT2D eigenvalue weighted by Crippen LogP contribution is -2.12. The van der Waals surface area contributed by atoms with Crippen LogP contribution in [0.5, 0.6) is 0 Å². The van der Waals surface area contributed by atoms with Crippen molar-refractivity contribution in [3.63, 3.8) is 0 Å². The number of nitrogens with zero attached hydrogens (tertiary/aromatic N) is 3. The minimum absolute atomic E-state index is 0.149. The van der Waals surface area contributed by atoms with Crippen LogP contribution < -0.4 is 5.32 Å². The second-order valence-electron chi connectivity index (χ2n) is 6.37. The molecule has 0 spiro atoms. The maximum atomic E-state index is 12.3. The molecule has 29 heavy (non-hydrogen) atoms. The summed E-state index contributed by atoms with van der Waals surface area (Å²) in [6, 6.07) is 17.2. The highest BCUT2D eigenvalue weighted by Gasteiger charge is 2.14. The number of anilines is 1. The average molecular weight is 425 g/mol. The summed E-state index contributed by atoms with van der Waals surface area (Å²) in [5, 5.41) is 8.03. The third-order valence-corrected chi connectivity index (χ3v) is 5.59. The molecule has 4 aromatic rings. The molecule has 0 fully saturated rings. The smallest absolute Gasteiger partial charge is 0.227 e. The summed E-state index contributed by atoms with van der Waals surface area (Å²) in [6.07, 6.45) is 0.573. The molecule has 0 atom stereocenters. The first-order valence-corrected chi connectivity index (χ1v) is 10.2. The van der Waals surface area contributed by atoms with Crippen LogP contribution in [0.3, 0.4) is 0 Å². The van der Waals surface area contributed by atoms with E-state index in [1.54, 1.807) is 12.1 Å². The van der Waals surface area contributed by atoms with Gasteiger partial charge in [-0.15, -0.1) is 0 Å². The maximum Gasteiger partial charge on any atom is 0.227 e. The molecule has 1 amide bonds. The lowest BCUT2D eigenvalue weighted by Gasteiger charge is -1.99. The molecule has 0 unspecified atom stereocenters. The van der Waals surface area contributed by atoms with Crippen molar-refractivity contribution >= 4 is 34.0 Å². The Morgan fingerprint density at radius 2 is 1.83 bits per heavy atom. The molecule has 8 heteroatoms. The lowest BCUT2D eigenvalue weighted by atomic mass is 10.2. The van der Waals surface area contributed by atoms with Gasteiger partial charge in [0, 0.05) is 23.4 Å². The van der Waals surface area contributed by atoms with Crippen molar-refractivity contribution in [2.75, 3.05) is 5.32 Å². The molecular weight excluding hydrogens is 408 g/mol. The van der Waals surface area contributed by atoms with Gasteiger partial charge < -0.3 is 9.84 Å². The molecule has 2 heterocycles. The molecule has 2 aromatic carbocycles. The van der Waals surface area contributed by atoms with Crippen molar-refractivity contribution in [1.82, 2.24) is 15.1 Å². The predicted molar refractivity (Wildman–Crippen MR) is 114 cm³/mol. The van der Waals surface area contributed by atoms with E-state index >= 15 is 0 Å². The fraction of sp³-hybridized carbons (Fsp3) is 0.143. The van der Waals surface area contributed by atoms with Crippen molar-refractivity contribution in [1.29, 1.82) is 0 Å². The van der Waals surface area contributed by atoms with E-state index in [1.807, 2.05) is 49.4 Å². The van der Waals surface area contributed by atoms with Gasteiger partial charge in [0.1, 0.15) is 0 Å². The summed E-state index contributed by atoms with van der Waals surface area (Å²) in [5.74, 6) is 0.732. The fourth-order valence-electron chi connectivity index (χ4n) is 2.78. The molecule has 2 aromatic heterocycles. The third kappa shape index (κ3) is 4.70. The van der Waals surface area contributed by atoms with Crippen LogP contribution in [0, 0.1) is 6.92 Å². The summed E-state index contributed by atoms with van der Waals surface area (Å²) >= 11 is 7.35. The predicted octanol–water partition coefficient (Wildman–Crippen LogP) is 5.39. The highest BCUT2D eigenvalue weighted by atomic mass is 35.5. The topological polar surface area (TPSA) is 80.9 Å². The van der Waals surface area contributed by atoms with Gasteiger partial charge in [-0.3, -0.25) is 4.79 Å². The quantitative estimate of drug-likeness (QED) is 0.448. The summed E-state index contributed by atoms with van der Waals surface area (Å²) in [7, 11) is 0. The lowest BCUT2D eigenvalue weighted by molar-refractivity contribution is -0.116. The minimum Gasteiger partial charge on any atom is -0.339 e. The number of benzene rings is 2. The first-order valence-electron chi connectivity index (χ1n) is 9.00. The van der Waals surface area contributed by atoms with Gasteiger partial charge in [-0.05, 0) is 36.8 Å². The molecule has 0 radical (unpaired) electrons. The zero-order valence-electron chi connectivity index (χ0n) is 15.6. The number of thiazole rings is 1. The monoisotopic (exact) mass is 424 g/mol. The number of nitrogens with one attached hydrogen (secondary N) is 1. The van der Waals surface area contributed by atoms with Gasteiger partial charge in [0.25, 0.3) is 0 Å². The molecule has 0 aliphatic carbocycles. The van der Waals surface area contributed by atoms with Crippen LogP contribution >= 0.6 is 22.9 Å². The van der Waals surface area contributed by atoms with Gasteiger partial charge in [-0.1, -0.05) is 58.4 Å². The molecule has 6 nitrogen and oxygen atoms in total. The van der Waals surface area contributed by atoms with Crippen LogP contribution in [0.25, 0.3) is 21.8 Å². The van der Waals surface area contributed by atoms with E-state index in [1.165, 1.54) is 11.3 Å². The van der Waals surface area contributed by atoms with Crippen molar-refractivity contribution in [2.45, 2.75) is 19.8 Å². The van der Waals surface area contributed by atoms with Crippen molar-refractivity contribution in [3.8, 4) is 21.8 Å². The average Bonchev–Trinajstić information content (AvgIpc) is 3.34. The van der Waals surface area contributed by atoms with E-state index in [9.17, 15) is 4.79 Å². The highest BCUT2D eigenvalue weighted by molar-refractivity contribution is 7.19. The number of rotatable bonds is 6. The number of amides is 1. The first kappa shape index (κ1) is 19.3. The second kappa shape index (κ2) is 8.55. The Balaban J connectivity index is 1.36. The van der Waals surface area contributed by atoms with Crippen LogP contribution in [0.15, 0.2) is 59.1 Å². The van der Waals surface area contributed by atoms with Crippen LogP contribution in [0.2, 0.25) is 5.02 Å². The second-order valence-corrected chi connectivity index (χ2v) is 7.80. The van der Waals surface area contributed by atoms with E-state index in [2.05, 4.69) is 20.4 Å². The Bertz CT molecular complexity index is 1120. The fourth-order valence-corrected chi connectivity index (χ4v) is 3.90. The normalized spacial score (nSPS) is 10.8. The Kier molecular flexibility index (Phi) is 5.69. The van der Waals surface area contributed by atoms with Crippen molar-refractivity contribution in [3.05, 3.63) is 71.2 Å². The van der Waals surface area contributed by atoms with Crippen molar-refractivity contribution in [2.24, 2.45) is 0 Å². The zero-order chi connectivity index (χ0) is 20.2. The van der Waals surface area contributed by atoms with Gasteiger partial charge in [0.05, 0.1) is 10.6 Å². The molecule has 4 rings (SSSR count). The number of aromatic nitrogens is 3. The van der Waals surface area contributed by atoms with E-state index in [0.717, 1.165) is 21.7 Å². The molecule has 0 aliphatic rings.